The third-order valence-electron chi connectivity index (χ3n) is 5.16. The lowest BCUT2D eigenvalue weighted by atomic mass is 10.1. The van der Waals surface area contributed by atoms with Crippen LogP contribution in [-0.4, -0.2) is 28.9 Å². The van der Waals surface area contributed by atoms with E-state index in [4.69, 9.17) is 9.47 Å². The van der Waals surface area contributed by atoms with Crippen LogP contribution in [0.25, 0.3) is 6.08 Å². The maximum Gasteiger partial charge on any atom is 0.329 e. The number of ether oxygens (including phenoxy) is 2. The van der Waals surface area contributed by atoms with Crippen LogP contribution >= 0.6 is 0 Å². The highest BCUT2D eigenvalue weighted by Crippen LogP contribution is 2.30. The summed E-state index contributed by atoms with van der Waals surface area (Å²) >= 11 is 0. The molecule has 3 aromatic carbocycles. The standard InChI is InChI=1S/C25H21N3O6/c1-33-23-14-18(10-11-22(23)34-16-19-8-5-9-20(12-19)28(31)32)13-21-24(29)27(25(30)26-21)15-17-6-3-2-4-7-17/h2-14H,15-16H2,1H3,(H,26,30)/b21-13+. The Kier molecular flexibility index (Phi) is 6.54. The molecule has 0 saturated carbocycles. The van der Waals surface area contributed by atoms with Gasteiger partial charge in [-0.3, -0.25) is 19.8 Å². The highest BCUT2D eigenvalue weighted by Gasteiger charge is 2.33. The molecule has 34 heavy (non-hydrogen) atoms. The number of non-ortho nitro benzene ring substituents is 1. The van der Waals surface area contributed by atoms with Crippen LogP contribution in [0.1, 0.15) is 16.7 Å². The summed E-state index contributed by atoms with van der Waals surface area (Å²) in [5.41, 5.74) is 2.26. The number of carbonyl (C=O) groups excluding carboxylic acids is 2. The molecule has 0 aromatic heterocycles. The number of amides is 3. The molecule has 0 aliphatic carbocycles. The number of nitrogens with one attached hydrogen (secondary N) is 1. The number of carbonyl (C=O) groups is 2. The van der Waals surface area contributed by atoms with Gasteiger partial charge in [-0.05, 0) is 34.9 Å². The molecule has 1 aliphatic rings. The van der Waals surface area contributed by atoms with Crippen molar-refractivity contribution in [3.63, 3.8) is 0 Å². The second-order valence-electron chi connectivity index (χ2n) is 7.49. The van der Waals surface area contributed by atoms with Crippen molar-refractivity contribution in [1.29, 1.82) is 0 Å². The third-order valence-corrected chi connectivity index (χ3v) is 5.16. The van der Waals surface area contributed by atoms with Gasteiger partial charge in [0.25, 0.3) is 11.6 Å². The molecular weight excluding hydrogens is 438 g/mol. The smallest absolute Gasteiger partial charge is 0.329 e. The maximum absolute atomic E-state index is 12.8. The van der Waals surface area contributed by atoms with E-state index in [1.54, 1.807) is 36.4 Å². The minimum Gasteiger partial charge on any atom is -0.493 e. The summed E-state index contributed by atoms with van der Waals surface area (Å²) in [6.07, 6.45) is 1.57. The summed E-state index contributed by atoms with van der Waals surface area (Å²) in [5, 5.41) is 13.6. The second kappa shape index (κ2) is 9.86. The van der Waals surface area contributed by atoms with Gasteiger partial charge in [0.2, 0.25) is 0 Å². The van der Waals surface area contributed by atoms with Crippen molar-refractivity contribution in [3.8, 4) is 11.5 Å². The van der Waals surface area contributed by atoms with Gasteiger partial charge in [0, 0.05) is 12.1 Å². The molecule has 1 aliphatic heterocycles. The monoisotopic (exact) mass is 459 g/mol. The van der Waals surface area contributed by atoms with Crippen LogP contribution in [0.2, 0.25) is 0 Å². The second-order valence-corrected chi connectivity index (χ2v) is 7.49. The predicted octanol–water partition coefficient (Wildman–Crippen LogP) is 4.28. The Morgan fingerprint density at radius 1 is 0.971 bits per heavy atom. The molecule has 0 spiro atoms. The quantitative estimate of drug-likeness (QED) is 0.233. The molecule has 1 heterocycles. The summed E-state index contributed by atoms with van der Waals surface area (Å²) in [6.45, 7) is 0.290. The van der Waals surface area contributed by atoms with Crippen molar-refractivity contribution in [1.82, 2.24) is 10.2 Å². The van der Waals surface area contributed by atoms with Gasteiger partial charge in [-0.15, -0.1) is 0 Å². The summed E-state index contributed by atoms with van der Waals surface area (Å²) < 4.78 is 11.2. The van der Waals surface area contributed by atoms with E-state index in [0.717, 1.165) is 10.5 Å². The first-order valence-electron chi connectivity index (χ1n) is 10.4. The van der Waals surface area contributed by atoms with Crippen molar-refractivity contribution >= 4 is 23.7 Å². The first-order chi connectivity index (χ1) is 16.4. The summed E-state index contributed by atoms with van der Waals surface area (Å²) in [4.78, 5) is 36.7. The minimum absolute atomic E-state index is 0.0142. The summed E-state index contributed by atoms with van der Waals surface area (Å²) in [7, 11) is 1.48. The first kappa shape index (κ1) is 22.5. The zero-order chi connectivity index (χ0) is 24.1. The molecule has 3 amide bonds. The summed E-state index contributed by atoms with van der Waals surface area (Å²) in [6, 6.07) is 20.0. The summed E-state index contributed by atoms with van der Waals surface area (Å²) in [5.74, 6) is 0.431. The molecule has 1 fully saturated rings. The van der Waals surface area contributed by atoms with E-state index in [9.17, 15) is 19.7 Å². The molecule has 9 heteroatoms. The van der Waals surface area contributed by atoms with E-state index in [1.807, 2.05) is 30.3 Å². The van der Waals surface area contributed by atoms with E-state index in [1.165, 1.54) is 19.2 Å². The largest absolute Gasteiger partial charge is 0.493 e. The molecular formula is C25H21N3O6. The zero-order valence-electron chi connectivity index (χ0n) is 18.3. The van der Waals surface area contributed by atoms with E-state index in [2.05, 4.69) is 5.32 Å². The van der Waals surface area contributed by atoms with Gasteiger partial charge in [-0.25, -0.2) is 4.79 Å². The topological polar surface area (TPSA) is 111 Å². The normalized spacial score (nSPS) is 14.3. The van der Waals surface area contributed by atoms with Crippen LogP contribution in [0.3, 0.4) is 0 Å². The number of nitro benzene ring substituents is 1. The van der Waals surface area contributed by atoms with Gasteiger partial charge in [-0.1, -0.05) is 48.5 Å². The predicted molar refractivity (Wildman–Crippen MR) is 124 cm³/mol. The van der Waals surface area contributed by atoms with Crippen molar-refractivity contribution in [3.05, 3.63) is 105 Å². The number of urea groups is 1. The molecule has 4 rings (SSSR count). The lowest BCUT2D eigenvalue weighted by Crippen LogP contribution is -2.30. The molecule has 3 aromatic rings. The number of hydrogen-bond donors (Lipinski definition) is 1. The SMILES string of the molecule is COc1cc(/C=C2/NC(=O)N(Cc3ccccc3)C2=O)ccc1OCc1cccc([N+](=O)[O-])c1. The first-order valence-corrected chi connectivity index (χ1v) is 10.4. The van der Waals surface area contributed by atoms with Gasteiger partial charge >= 0.3 is 6.03 Å². The van der Waals surface area contributed by atoms with Crippen LogP contribution in [0, 0.1) is 10.1 Å². The average Bonchev–Trinajstić information content (AvgIpc) is 3.11. The van der Waals surface area contributed by atoms with Crippen molar-refractivity contribution < 1.29 is 24.0 Å². The van der Waals surface area contributed by atoms with Crippen LogP contribution in [0.5, 0.6) is 11.5 Å². The minimum atomic E-state index is -0.482. The van der Waals surface area contributed by atoms with Crippen LogP contribution in [0.15, 0.2) is 78.5 Å². The molecule has 9 nitrogen and oxygen atoms in total. The number of rotatable bonds is 8. The molecule has 0 radical (unpaired) electrons. The highest BCUT2D eigenvalue weighted by molar-refractivity contribution is 6.13. The van der Waals surface area contributed by atoms with Gasteiger partial charge in [0.05, 0.1) is 18.6 Å². The maximum atomic E-state index is 12.8. The van der Waals surface area contributed by atoms with Crippen molar-refractivity contribution in [2.45, 2.75) is 13.2 Å². The van der Waals surface area contributed by atoms with E-state index < -0.39 is 16.9 Å². The molecule has 0 unspecified atom stereocenters. The number of hydrogen-bond acceptors (Lipinski definition) is 6. The molecule has 1 saturated heterocycles. The fourth-order valence-electron chi connectivity index (χ4n) is 3.46. The van der Waals surface area contributed by atoms with Crippen molar-refractivity contribution in [2.24, 2.45) is 0 Å². The third kappa shape index (κ3) is 5.04. The molecule has 1 N–H and O–H groups in total. The highest BCUT2D eigenvalue weighted by atomic mass is 16.6. The van der Waals surface area contributed by atoms with Crippen LogP contribution in [-0.2, 0) is 17.9 Å². The van der Waals surface area contributed by atoms with E-state index in [0.29, 0.717) is 22.6 Å². The zero-order valence-corrected chi connectivity index (χ0v) is 18.3. The van der Waals surface area contributed by atoms with E-state index in [-0.39, 0.29) is 24.5 Å². The Hall–Kier alpha value is -4.66. The number of benzene rings is 3. The fourth-order valence-corrected chi connectivity index (χ4v) is 3.46. The average molecular weight is 459 g/mol. The lowest BCUT2D eigenvalue weighted by molar-refractivity contribution is -0.384. The molecule has 0 bridgehead atoms. The Labute approximate surface area is 195 Å². The van der Waals surface area contributed by atoms with Crippen LogP contribution < -0.4 is 14.8 Å². The Morgan fingerprint density at radius 2 is 1.74 bits per heavy atom. The van der Waals surface area contributed by atoms with Crippen molar-refractivity contribution in [2.75, 3.05) is 7.11 Å². The number of imide groups is 1. The number of methoxy groups -OCH3 is 1. The fraction of sp³-hybridized carbons (Fsp3) is 0.120. The Balaban J connectivity index is 1.48. The van der Waals surface area contributed by atoms with Gasteiger partial charge in [0.15, 0.2) is 11.5 Å². The van der Waals surface area contributed by atoms with E-state index >= 15 is 0 Å². The molecule has 0 atom stereocenters. The van der Waals surface area contributed by atoms with Gasteiger partial charge < -0.3 is 14.8 Å². The van der Waals surface area contributed by atoms with Gasteiger partial charge in [0.1, 0.15) is 12.3 Å². The van der Waals surface area contributed by atoms with Gasteiger partial charge in [-0.2, -0.15) is 0 Å². The Morgan fingerprint density at radius 3 is 2.47 bits per heavy atom. The number of nitrogens with zero attached hydrogens (tertiary/aromatic N) is 2. The molecule has 172 valence electrons. The van der Waals surface area contributed by atoms with Crippen LogP contribution in [0.4, 0.5) is 10.5 Å². The Bertz CT molecular complexity index is 1270. The number of nitro groups is 1. The lowest BCUT2D eigenvalue weighted by Gasteiger charge is -2.12.